The van der Waals surface area contributed by atoms with Gasteiger partial charge in [-0.3, -0.25) is 9.00 Å². The van der Waals surface area contributed by atoms with E-state index in [9.17, 15) is 9.00 Å². The third-order valence-corrected chi connectivity index (χ3v) is 4.24. The Balaban J connectivity index is 2.39. The number of methoxy groups -OCH3 is 1. The quantitative estimate of drug-likeness (QED) is 0.734. The summed E-state index contributed by atoms with van der Waals surface area (Å²) in [5.74, 6) is 0.101. The third kappa shape index (κ3) is 4.09. The lowest BCUT2D eigenvalue weighted by molar-refractivity contribution is -0.144. The first-order chi connectivity index (χ1) is 7.13. The molecule has 1 rings (SSSR count). The second-order valence-corrected chi connectivity index (χ2v) is 5.58. The first-order valence-electron chi connectivity index (χ1n) is 4.44. The van der Waals surface area contributed by atoms with Crippen LogP contribution in [0.3, 0.4) is 0 Å². The highest BCUT2D eigenvalue weighted by atomic mass is 32.2. The number of hydrogen-bond acceptors (Lipinski definition) is 5. The van der Waals surface area contributed by atoms with Gasteiger partial charge in [0.05, 0.1) is 18.8 Å². The summed E-state index contributed by atoms with van der Waals surface area (Å²) < 4.78 is 16.2. The zero-order valence-electron chi connectivity index (χ0n) is 8.63. The molecule has 15 heavy (non-hydrogen) atoms. The van der Waals surface area contributed by atoms with Gasteiger partial charge < -0.3 is 4.74 Å². The lowest BCUT2D eigenvalue weighted by atomic mass is 10.2. The summed E-state index contributed by atoms with van der Waals surface area (Å²) >= 11 is 1.47. The van der Waals surface area contributed by atoms with Crippen molar-refractivity contribution >= 4 is 28.1 Å². The van der Waals surface area contributed by atoms with Crippen LogP contribution >= 0.6 is 11.3 Å². The average Bonchev–Trinajstić information content (AvgIpc) is 2.68. The predicted octanol–water partition coefficient (Wildman–Crippen LogP) is 1.20. The molecule has 4 nitrogen and oxygen atoms in total. The second kappa shape index (κ2) is 5.97. The number of carbonyl (C=O) groups is 1. The Bertz CT molecular complexity index is 337. The topological polar surface area (TPSA) is 56.3 Å². The number of hydrogen-bond donors (Lipinski definition) is 0. The molecule has 2 atom stereocenters. The molecule has 0 spiro atoms. The first-order valence-corrected chi connectivity index (χ1v) is 6.81. The first kappa shape index (κ1) is 12.3. The van der Waals surface area contributed by atoms with Crippen molar-refractivity contribution in [2.45, 2.75) is 12.7 Å². The largest absolute Gasteiger partial charge is 0.469 e. The van der Waals surface area contributed by atoms with Crippen LogP contribution in [0.2, 0.25) is 0 Å². The zero-order chi connectivity index (χ0) is 11.3. The summed E-state index contributed by atoms with van der Waals surface area (Å²) in [5, 5.41) is 2.68. The highest BCUT2D eigenvalue weighted by Gasteiger charge is 2.17. The number of aromatic nitrogens is 1. The molecule has 0 aromatic carbocycles. The molecule has 0 aliphatic carbocycles. The van der Waals surface area contributed by atoms with Gasteiger partial charge in [-0.15, -0.1) is 11.3 Å². The van der Waals surface area contributed by atoms with E-state index in [2.05, 4.69) is 9.72 Å². The minimum absolute atomic E-state index is 0.317. The van der Waals surface area contributed by atoms with E-state index in [0.29, 0.717) is 11.5 Å². The molecule has 0 fully saturated rings. The Labute approximate surface area is 95.1 Å². The van der Waals surface area contributed by atoms with Gasteiger partial charge in [-0.2, -0.15) is 0 Å². The Morgan fingerprint density at radius 3 is 3.00 bits per heavy atom. The lowest BCUT2D eigenvalue weighted by Gasteiger charge is -2.07. The molecule has 0 amide bonds. The molecule has 0 aliphatic heterocycles. The van der Waals surface area contributed by atoms with Gasteiger partial charge in [0, 0.05) is 28.1 Å². The maximum atomic E-state index is 11.6. The molecule has 0 saturated heterocycles. The fraction of sp³-hybridized carbons (Fsp3) is 0.556. The van der Waals surface area contributed by atoms with Gasteiger partial charge in [-0.1, -0.05) is 6.92 Å². The van der Waals surface area contributed by atoms with E-state index in [4.69, 9.17) is 0 Å². The Kier molecular flexibility index (Phi) is 4.90. The van der Waals surface area contributed by atoms with Crippen LogP contribution in [0, 0.1) is 5.92 Å². The molecule has 84 valence electrons. The highest BCUT2D eigenvalue weighted by molar-refractivity contribution is 7.84. The van der Waals surface area contributed by atoms with Crippen molar-refractivity contribution in [3.63, 3.8) is 0 Å². The van der Waals surface area contributed by atoms with Crippen LogP contribution in [0.15, 0.2) is 11.6 Å². The maximum absolute atomic E-state index is 11.6. The van der Waals surface area contributed by atoms with Gasteiger partial charge in [0.15, 0.2) is 0 Å². The third-order valence-electron chi connectivity index (χ3n) is 1.81. The minimum atomic E-state index is -1.05. The number of rotatable bonds is 5. The molecule has 0 saturated carbocycles. The van der Waals surface area contributed by atoms with E-state index < -0.39 is 10.8 Å². The summed E-state index contributed by atoms with van der Waals surface area (Å²) in [6, 6.07) is 0. The van der Waals surface area contributed by atoms with Crippen LogP contribution in [0.1, 0.15) is 11.9 Å². The molecule has 6 heteroatoms. The maximum Gasteiger partial charge on any atom is 0.309 e. The fourth-order valence-electron chi connectivity index (χ4n) is 1.07. The Morgan fingerprint density at radius 1 is 1.73 bits per heavy atom. The van der Waals surface area contributed by atoms with Crippen LogP contribution in [0.5, 0.6) is 0 Å². The van der Waals surface area contributed by atoms with Gasteiger partial charge in [0.2, 0.25) is 0 Å². The van der Waals surface area contributed by atoms with Gasteiger partial charge >= 0.3 is 5.97 Å². The zero-order valence-corrected chi connectivity index (χ0v) is 10.3. The molecule has 1 heterocycles. The van der Waals surface area contributed by atoms with Crippen LogP contribution in [-0.2, 0) is 26.1 Å². The molecule has 0 N–H and O–H groups in total. The Morgan fingerprint density at radius 2 is 2.47 bits per heavy atom. The van der Waals surface area contributed by atoms with Gasteiger partial charge in [0.25, 0.3) is 0 Å². The predicted molar refractivity (Wildman–Crippen MR) is 60.0 cm³/mol. The highest BCUT2D eigenvalue weighted by Crippen LogP contribution is 2.09. The van der Waals surface area contributed by atoms with Crippen molar-refractivity contribution in [3.05, 3.63) is 16.6 Å². The van der Waals surface area contributed by atoms with E-state index >= 15 is 0 Å². The minimum Gasteiger partial charge on any atom is -0.469 e. The van der Waals surface area contributed by atoms with Gasteiger partial charge in [-0.05, 0) is 0 Å². The van der Waals surface area contributed by atoms with Crippen LogP contribution in [0.4, 0.5) is 0 Å². The van der Waals surface area contributed by atoms with Gasteiger partial charge in [0.1, 0.15) is 5.01 Å². The fourth-order valence-corrected chi connectivity index (χ4v) is 3.30. The number of nitrogens with zero attached hydrogens (tertiary/aromatic N) is 1. The number of ether oxygens (including phenoxy) is 1. The average molecular weight is 247 g/mol. The van der Waals surface area contributed by atoms with E-state index in [-0.39, 0.29) is 11.9 Å². The number of esters is 1. The molecule has 0 radical (unpaired) electrons. The molecule has 1 aromatic rings. The molecule has 0 aliphatic rings. The van der Waals surface area contributed by atoms with Crippen molar-refractivity contribution in [1.82, 2.24) is 4.98 Å². The van der Waals surface area contributed by atoms with Crippen LogP contribution < -0.4 is 0 Å². The van der Waals surface area contributed by atoms with Crippen molar-refractivity contribution in [3.8, 4) is 0 Å². The lowest BCUT2D eigenvalue weighted by Crippen LogP contribution is -2.20. The van der Waals surface area contributed by atoms with Crippen LogP contribution in [0.25, 0.3) is 0 Å². The van der Waals surface area contributed by atoms with Crippen molar-refractivity contribution in [2.75, 3.05) is 12.9 Å². The number of thiazole rings is 1. The SMILES string of the molecule is COC(=O)C(C)CS(=O)Cc1nccs1. The van der Waals surface area contributed by atoms with E-state index in [1.54, 1.807) is 13.1 Å². The molecule has 0 bridgehead atoms. The molecular weight excluding hydrogens is 234 g/mol. The Hall–Kier alpha value is -0.750. The van der Waals surface area contributed by atoms with E-state index in [1.165, 1.54) is 18.4 Å². The summed E-state index contributed by atoms with van der Waals surface area (Å²) in [6.07, 6.45) is 1.68. The van der Waals surface area contributed by atoms with E-state index in [0.717, 1.165) is 5.01 Å². The van der Waals surface area contributed by atoms with Crippen LogP contribution in [-0.4, -0.2) is 28.0 Å². The van der Waals surface area contributed by atoms with Crippen molar-refractivity contribution in [1.29, 1.82) is 0 Å². The molecule has 1 aromatic heterocycles. The summed E-state index contributed by atoms with van der Waals surface area (Å²) in [5.41, 5.74) is 0. The number of carbonyl (C=O) groups excluding carboxylic acids is 1. The summed E-state index contributed by atoms with van der Waals surface area (Å²) in [7, 11) is 0.281. The van der Waals surface area contributed by atoms with Crippen molar-refractivity contribution in [2.24, 2.45) is 5.92 Å². The second-order valence-electron chi connectivity index (χ2n) is 3.10. The van der Waals surface area contributed by atoms with E-state index in [1.807, 2.05) is 5.38 Å². The normalized spacial score (nSPS) is 14.5. The molecule has 2 unspecified atom stereocenters. The summed E-state index contributed by atoms with van der Waals surface area (Å²) in [4.78, 5) is 15.1. The molecular formula is C9H13NO3S2. The van der Waals surface area contributed by atoms with Crippen molar-refractivity contribution < 1.29 is 13.7 Å². The van der Waals surface area contributed by atoms with Gasteiger partial charge in [-0.25, -0.2) is 4.98 Å². The monoisotopic (exact) mass is 247 g/mol. The summed E-state index contributed by atoms with van der Waals surface area (Å²) in [6.45, 7) is 1.71. The smallest absolute Gasteiger partial charge is 0.309 e. The standard InChI is InChI=1S/C9H13NO3S2/c1-7(9(11)13-2)5-15(12)6-8-10-3-4-14-8/h3-4,7H,5-6H2,1-2H3.